The highest BCUT2D eigenvalue weighted by Crippen LogP contribution is 2.33. The molecule has 19 heavy (non-hydrogen) atoms. The van der Waals surface area contributed by atoms with Crippen LogP contribution in [-0.4, -0.2) is 34.3 Å². The van der Waals surface area contributed by atoms with Crippen molar-refractivity contribution in [2.75, 3.05) is 13.2 Å². The summed E-state index contributed by atoms with van der Waals surface area (Å²) in [5.74, 6) is 0.349. The minimum absolute atomic E-state index is 0.169. The molecule has 2 N–H and O–H groups in total. The number of aliphatic hydroxyl groups excluding tert-OH is 1. The van der Waals surface area contributed by atoms with Gasteiger partial charge in [0.2, 0.25) is 0 Å². The van der Waals surface area contributed by atoms with E-state index in [0.29, 0.717) is 24.9 Å². The molecule has 0 aromatic heterocycles. The van der Waals surface area contributed by atoms with Crippen molar-refractivity contribution in [1.29, 1.82) is 0 Å². The molecule has 0 aliphatic heterocycles. The highest BCUT2D eigenvalue weighted by Gasteiger charge is 2.29. The summed E-state index contributed by atoms with van der Waals surface area (Å²) in [6.07, 6.45) is 2.40. The summed E-state index contributed by atoms with van der Waals surface area (Å²) >= 11 is 0. The first-order valence-corrected chi connectivity index (χ1v) is 6.84. The fraction of sp³-hybridized carbons (Fsp3) is 0.375. The Kier molecular flexibility index (Phi) is 3.40. The number of phenols is 1. The number of rotatable bonds is 5. The highest BCUT2D eigenvalue weighted by molar-refractivity contribution is 5.87. The van der Waals surface area contributed by atoms with Gasteiger partial charge in [0, 0.05) is 24.7 Å². The van der Waals surface area contributed by atoms with E-state index in [-0.39, 0.29) is 6.61 Å². The van der Waals surface area contributed by atoms with Gasteiger partial charge in [-0.3, -0.25) is 4.90 Å². The van der Waals surface area contributed by atoms with E-state index < -0.39 is 0 Å². The molecule has 0 unspecified atom stereocenters. The van der Waals surface area contributed by atoms with Crippen LogP contribution in [-0.2, 0) is 6.54 Å². The van der Waals surface area contributed by atoms with Crippen LogP contribution in [0, 0.1) is 0 Å². The number of aromatic hydroxyl groups is 1. The summed E-state index contributed by atoms with van der Waals surface area (Å²) in [6.45, 7) is 1.55. The highest BCUT2D eigenvalue weighted by atomic mass is 16.3. The first kappa shape index (κ1) is 12.5. The lowest BCUT2D eigenvalue weighted by Gasteiger charge is -2.22. The molecule has 3 heteroatoms. The standard InChI is InChI=1S/C16H19NO2/c18-10-9-17(13-6-7-13)11-15-14-4-2-1-3-12(14)5-8-16(15)19/h1-5,8,13,18-19H,6-7,9-11H2. The van der Waals surface area contributed by atoms with Crippen molar-refractivity contribution in [3.05, 3.63) is 42.0 Å². The number of hydrogen-bond acceptors (Lipinski definition) is 3. The van der Waals surface area contributed by atoms with E-state index in [1.54, 1.807) is 6.07 Å². The topological polar surface area (TPSA) is 43.7 Å². The van der Waals surface area contributed by atoms with Gasteiger partial charge in [0.1, 0.15) is 5.75 Å². The second-order valence-corrected chi connectivity index (χ2v) is 5.21. The maximum atomic E-state index is 10.1. The summed E-state index contributed by atoms with van der Waals surface area (Å²) in [4.78, 5) is 2.27. The molecule has 3 nitrogen and oxygen atoms in total. The number of phenolic OH excluding ortho intramolecular Hbond substituents is 1. The molecule has 0 radical (unpaired) electrons. The van der Waals surface area contributed by atoms with Crippen molar-refractivity contribution in [2.45, 2.75) is 25.4 Å². The lowest BCUT2D eigenvalue weighted by Crippen LogP contribution is -2.28. The molecule has 1 saturated carbocycles. The Morgan fingerprint density at radius 1 is 1.11 bits per heavy atom. The summed E-state index contributed by atoms with van der Waals surface area (Å²) in [5.41, 5.74) is 0.971. The van der Waals surface area contributed by atoms with Crippen LogP contribution in [0.3, 0.4) is 0 Å². The molecule has 1 fully saturated rings. The predicted octanol–water partition coefficient (Wildman–Crippen LogP) is 2.50. The number of hydrogen-bond donors (Lipinski definition) is 2. The van der Waals surface area contributed by atoms with Crippen molar-refractivity contribution >= 4 is 10.8 Å². The van der Waals surface area contributed by atoms with Gasteiger partial charge in [0.25, 0.3) is 0 Å². The zero-order valence-electron chi connectivity index (χ0n) is 10.9. The number of benzene rings is 2. The molecule has 1 aliphatic carbocycles. The molecule has 0 heterocycles. The average Bonchev–Trinajstić information content (AvgIpc) is 3.25. The fourth-order valence-electron chi connectivity index (χ4n) is 2.65. The van der Waals surface area contributed by atoms with Gasteiger partial charge in [0.15, 0.2) is 0 Å². The molecular formula is C16H19NO2. The average molecular weight is 257 g/mol. The van der Waals surface area contributed by atoms with Crippen molar-refractivity contribution < 1.29 is 10.2 Å². The maximum Gasteiger partial charge on any atom is 0.120 e. The Bertz CT molecular complexity index is 578. The smallest absolute Gasteiger partial charge is 0.120 e. The van der Waals surface area contributed by atoms with E-state index in [4.69, 9.17) is 5.11 Å². The molecule has 1 aliphatic rings. The van der Waals surface area contributed by atoms with Gasteiger partial charge < -0.3 is 10.2 Å². The van der Waals surface area contributed by atoms with E-state index in [1.165, 1.54) is 12.8 Å². The zero-order chi connectivity index (χ0) is 13.2. The third-order valence-corrected chi connectivity index (χ3v) is 3.83. The Hall–Kier alpha value is -1.58. The molecule has 0 spiro atoms. The summed E-state index contributed by atoms with van der Waals surface area (Å²) in [7, 11) is 0. The molecule has 100 valence electrons. The van der Waals surface area contributed by atoms with Gasteiger partial charge >= 0.3 is 0 Å². The van der Waals surface area contributed by atoms with E-state index >= 15 is 0 Å². The predicted molar refractivity (Wildman–Crippen MR) is 76.1 cm³/mol. The first-order valence-electron chi connectivity index (χ1n) is 6.84. The quantitative estimate of drug-likeness (QED) is 0.865. The van der Waals surface area contributed by atoms with Gasteiger partial charge in [-0.1, -0.05) is 30.3 Å². The van der Waals surface area contributed by atoms with Crippen LogP contribution in [0.1, 0.15) is 18.4 Å². The van der Waals surface area contributed by atoms with Crippen molar-refractivity contribution in [2.24, 2.45) is 0 Å². The number of aliphatic hydroxyl groups is 1. The fourth-order valence-corrected chi connectivity index (χ4v) is 2.65. The number of nitrogens with zero attached hydrogens (tertiary/aromatic N) is 1. The molecule has 0 saturated heterocycles. The summed E-state index contributed by atoms with van der Waals surface area (Å²) in [5, 5.41) is 21.6. The largest absolute Gasteiger partial charge is 0.508 e. The normalized spacial score (nSPS) is 15.3. The Labute approximate surface area is 113 Å². The second-order valence-electron chi connectivity index (χ2n) is 5.21. The third-order valence-electron chi connectivity index (χ3n) is 3.83. The number of fused-ring (bicyclic) bond motifs is 1. The third kappa shape index (κ3) is 2.57. The Balaban J connectivity index is 1.96. The second kappa shape index (κ2) is 5.19. The summed E-state index contributed by atoms with van der Waals surface area (Å²) < 4.78 is 0. The molecular weight excluding hydrogens is 238 g/mol. The van der Waals surface area contributed by atoms with Crippen LogP contribution < -0.4 is 0 Å². The van der Waals surface area contributed by atoms with Gasteiger partial charge in [-0.2, -0.15) is 0 Å². The minimum atomic E-state index is 0.169. The van der Waals surface area contributed by atoms with Crippen LogP contribution in [0.4, 0.5) is 0 Å². The molecule has 2 aromatic carbocycles. The Morgan fingerprint density at radius 3 is 2.63 bits per heavy atom. The lowest BCUT2D eigenvalue weighted by molar-refractivity contribution is 0.182. The van der Waals surface area contributed by atoms with Crippen LogP contribution in [0.15, 0.2) is 36.4 Å². The zero-order valence-corrected chi connectivity index (χ0v) is 10.9. The first-order chi connectivity index (χ1) is 9.29. The van der Waals surface area contributed by atoms with E-state index in [0.717, 1.165) is 16.3 Å². The van der Waals surface area contributed by atoms with Crippen molar-refractivity contribution in [3.8, 4) is 5.75 Å². The van der Waals surface area contributed by atoms with Gasteiger partial charge in [-0.05, 0) is 29.7 Å². The van der Waals surface area contributed by atoms with Gasteiger partial charge in [0.05, 0.1) is 6.61 Å². The van der Waals surface area contributed by atoms with Crippen LogP contribution >= 0.6 is 0 Å². The molecule has 2 aromatic rings. The minimum Gasteiger partial charge on any atom is -0.508 e. The van der Waals surface area contributed by atoms with Crippen molar-refractivity contribution in [3.63, 3.8) is 0 Å². The van der Waals surface area contributed by atoms with E-state index in [2.05, 4.69) is 17.0 Å². The SMILES string of the molecule is OCCN(Cc1c(O)ccc2ccccc12)C1CC1. The van der Waals surface area contributed by atoms with Crippen LogP contribution in [0.5, 0.6) is 5.75 Å². The van der Waals surface area contributed by atoms with Gasteiger partial charge in [-0.25, -0.2) is 0 Å². The molecule has 0 bridgehead atoms. The van der Waals surface area contributed by atoms with Crippen LogP contribution in [0.2, 0.25) is 0 Å². The van der Waals surface area contributed by atoms with E-state index in [1.807, 2.05) is 18.2 Å². The maximum absolute atomic E-state index is 10.1. The van der Waals surface area contributed by atoms with Crippen molar-refractivity contribution in [1.82, 2.24) is 4.90 Å². The lowest BCUT2D eigenvalue weighted by atomic mass is 10.0. The monoisotopic (exact) mass is 257 g/mol. The summed E-state index contributed by atoms with van der Waals surface area (Å²) in [6, 6.07) is 12.4. The van der Waals surface area contributed by atoms with Crippen LogP contribution in [0.25, 0.3) is 10.8 Å². The Morgan fingerprint density at radius 2 is 1.89 bits per heavy atom. The molecule has 3 rings (SSSR count). The molecule has 0 amide bonds. The van der Waals surface area contributed by atoms with Gasteiger partial charge in [-0.15, -0.1) is 0 Å². The van der Waals surface area contributed by atoms with E-state index in [9.17, 15) is 5.11 Å². The molecule has 0 atom stereocenters.